The van der Waals surface area contributed by atoms with Crippen LogP contribution in [0.4, 0.5) is 26.3 Å². The number of phenolic OH excluding ortho intramolecular Hbond substituents is 1. The molecule has 1 aliphatic rings. The van der Waals surface area contributed by atoms with Crippen LogP contribution in [0.15, 0.2) is 48.5 Å². The number of amides is 1. The quantitative estimate of drug-likeness (QED) is 0.517. The highest BCUT2D eigenvalue weighted by molar-refractivity contribution is 5.94. The Morgan fingerprint density at radius 1 is 1.00 bits per heavy atom. The van der Waals surface area contributed by atoms with Gasteiger partial charge in [-0.05, 0) is 43.7 Å². The van der Waals surface area contributed by atoms with E-state index in [1.807, 2.05) is 12.1 Å². The van der Waals surface area contributed by atoms with Crippen LogP contribution in [0, 0.1) is 0 Å². The second-order valence-electron chi connectivity index (χ2n) is 7.91. The van der Waals surface area contributed by atoms with E-state index in [2.05, 4.69) is 10.2 Å². The van der Waals surface area contributed by atoms with E-state index in [1.54, 1.807) is 12.1 Å². The molecule has 1 heterocycles. The number of nitrogens with one attached hydrogen (secondary N) is 1. The number of benzene rings is 2. The Morgan fingerprint density at radius 3 is 2.26 bits per heavy atom. The van der Waals surface area contributed by atoms with E-state index in [0.717, 1.165) is 43.5 Å². The van der Waals surface area contributed by atoms with Gasteiger partial charge in [0.05, 0.1) is 5.56 Å². The highest BCUT2D eigenvalue weighted by Gasteiger charge is 2.38. The normalized spacial score (nSPS) is 17.0. The van der Waals surface area contributed by atoms with Crippen LogP contribution in [0.25, 0.3) is 0 Å². The number of carboxylic acid groups (broad SMARTS) is 1. The Morgan fingerprint density at radius 2 is 1.66 bits per heavy atom. The first-order chi connectivity index (χ1) is 16.3. The molecule has 1 unspecified atom stereocenters. The molecule has 0 aliphatic carbocycles. The molecule has 1 aliphatic heterocycles. The summed E-state index contributed by atoms with van der Waals surface area (Å²) in [7, 11) is 0. The molecule has 0 radical (unpaired) electrons. The molecular formula is C23H24F6N2O4. The number of carbonyl (C=O) groups is 2. The van der Waals surface area contributed by atoms with Crippen LogP contribution in [0.3, 0.4) is 0 Å². The third-order valence-corrected chi connectivity index (χ3v) is 5.17. The molecule has 1 atom stereocenters. The summed E-state index contributed by atoms with van der Waals surface area (Å²) in [5.41, 5.74) is -0.0131. The van der Waals surface area contributed by atoms with E-state index < -0.39 is 29.8 Å². The molecule has 1 amide bonds. The van der Waals surface area contributed by atoms with Crippen LogP contribution in [-0.2, 0) is 17.5 Å². The van der Waals surface area contributed by atoms with E-state index in [0.29, 0.717) is 13.1 Å². The third kappa shape index (κ3) is 9.12. The summed E-state index contributed by atoms with van der Waals surface area (Å²) in [5, 5.41) is 20.0. The molecule has 2 aromatic carbocycles. The Labute approximate surface area is 197 Å². The number of halogens is 6. The maximum atomic E-state index is 12.9. The Hall–Kier alpha value is -3.28. The summed E-state index contributed by atoms with van der Waals surface area (Å²) < 4.78 is 70.4. The minimum atomic E-state index is -5.08. The van der Waals surface area contributed by atoms with Gasteiger partial charge in [-0.2, -0.15) is 26.3 Å². The smallest absolute Gasteiger partial charge is 0.490 e. The molecule has 0 saturated carbocycles. The van der Waals surface area contributed by atoms with Crippen LogP contribution in [-0.4, -0.2) is 52.3 Å². The van der Waals surface area contributed by atoms with Crippen molar-refractivity contribution >= 4 is 11.9 Å². The van der Waals surface area contributed by atoms with E-state index in [9.17, 15) is 36.2 Å². The lowest BCUT2D eigenvalue weighted by Crippen LogP contribution is -2.42. The molecule has 0 bridgehead atoms. The van der Waals surface area contributed by atoms with Crippen LogP contribution < -0.4 is 5.32 Å². The summed E-state index contributed by atoms with van der Waals surface area (Å²) in [6, 6.07) is 11.4. The fourth-order valence-electron chi connectivity index (χ4n) is 3.47. The molecule has 2 aromatic rings. The average molecular weight is 506 g/mol. The maximum Gasteiger partial charge on any atom is 0.490 e. The van der Waals surface area contributed by atoms with Gasteiger partial charge < -0.3 is 15.5 Å². The van der Waals surface area contributed by atoms with Crippen LogP contribution >= 0.6 is 0 Å². The molecular weight excluding hydrogens is 482 g/mol. The SMILES string of the molecule is O=C(NC1CCCCN(Cc2ccccc2O)C1)c1cccc(C(F)(F)F)c1.O=C(O)C(F)(F)F. The molecule has 12 heteroatoms. The minimum Gasteiger partial charge on any atom is -0.508 e. The summed E-state index contributed by atoms with van der Waals surface area (Å²) in [6.07, 6.45) is -6.91. The van der Waals surface area contributed by atoms with Gasteiger partial charge in [-0.15, -0.1) is 0 Å². The zero-order chi connectivity index (χ0) is 26.2. The van der Waals surface area contributed by atoms with Crippen molar-refractivity contribution in [2.75, 3.05) is 13.1 Å². The highest BCUT2D eigenvalue weighted by Crippen LogP contribution is 2.29. The molecule has 0 aromatic heterocycles. The number of carbonyl (C=O) groups excluding carboxylic acids is 1. The van der Waals surface area contributed by atoms with Crippen molar-refractivity contribution in [3.63, 3.8) is 0 Å². The van der Waals surface area contributed by atoms with Crippen molar-refractivity contribution < 1.29 is 46.1 Å². The van der Waals surface area contributed by atoms with Crippen molar-refractivity contribution in [2.24, 2.45) is 0 Å². The van der Waals surface area contributed by atoms with Gasteiger partial charge in [-0.3, -0.25) is 9.69 Å². The van der Waals surface area contributed by atoms with Gasteiger partial charge in [-0.25, -0.2) is 4.79 Å². The topological polar surface area (TPSA) is 89.9 Å². The number of hydrogen-bond acceptors (Lipinski definition) is 4. The number of carboxylic acids is 1. The van der Waals surface area contributed by atoms with Crippen molar-refractivity contribution in [1.82, 2.24) is 10.2 Å². The van der Waals surface area contributed by atoms with E-state index >= 15 is 0 Å². The molecule has 192 valence electrons. The highest BCUT2D eigenvalue weighted by atomic mass is 19.4. The zero-order valence-electron chi connectivity index (χ0n) is 18.4. The van der Waals surface area contributed by atoms with Gasteiger partial charge in [0.15, 0.2) is 0 Å². The fourth-order valence-corrected chi connectivity index (χ4v) is 3.47. The summed E-state index contributed by atoms with van der Waals surface area (Å²) in [5.74, 6) is -3.02. The number of hydrogen-bond donors (Lipinski definition) is 3. The standard InChI is InChI=1S/C21H23F3N2O2.C2HF3O2/c22-21(23,24)17-8-5-7-15(12-17)20(28)25-18-9-3-4-11-26(14-18)13-16-6-1-2-10-19(16)27;3-2(4,5)1(6)7/h1-2,5-8,10,12,18,27H,3-4,9,11,13-14H2,(H,25,28);(H,6,7). The second-order valence-corrected chi connectivity index (χ2v) is 7.91. The summed E-state index contributed by atoms with van der Waals surface area (Å²) in [6.45, 7) is 1.98. The van der Waals surface area contributed by atoms with E-state index in [1.165, 1.54) is 12.1 Å². The average Bonchev–Trinajstić information content (AvgIpc) is 2.99. The molecule has 3 rings (SSSR count). The number of aliphatic carboxylic acids is 1. The predicted octanol–water partition coefficient (Wildman–Crippen LogP) is 4.83. The Bertz CT molecular complexity index is 1010. The van der Waals surface area contributed by atoms with E-state index in [4.69, 9.17) is 9.90 Å². The molecule has 6 nitrogen and oxygen atoms in total. The first-order valence-electron chi connectivity index (χ1n) is 10.5. The number of aromatic hydroxyl groups is 1. The lowest BCUT2D eigenvalue weighted by molar-refractivity contribution is -0.192. The summed E-state index contributed by atoms with van der Waals surface area (Å²) >= 11 is 0. The lowest BCUT2D eigenvalue weighted by atomic mass is 10.1. The van der Waals surface area contributed by atoms with Gasteiger partial charge in [0.2, 0.25) is 0 Å². The molecule has 1 fully saturated rings. The number of para-hydroxylation sites is 1. The maximum absolute atomic E-state index is 12.9. The molecule has 1 saturated heterocycles. The monoisotopic (exact) mass is 506 g/mol. The van der Waals surface area contributed by atoms with Gasteiger partial charge in [0.25, 0.3) is 5.91 Å². The largest absolute Gasteiger partial charge is 0.508 e. The van der Waals surface area contributed by atoms with Crippen LogP contribution in [0.1, 0.15) is 40.7 Å². The molecule has 35 heavy (non-hydrogen) atoms. The van der Waals surface area contributed by atoms with Gasteiger partial charge in [0.1, 0.15) is 5.75 Å². The number of rotatable bonds is 4. The lowest BCUT2D eigenvalue weighted by Gasteiger charge is -2.25. The third-order valence-electron chi connectivity index (χ3n) is 5.17. The van der Waals surface area contributed by atoms with Gasteiger partial charge in [-0.1, -0.05) is 30.7 Å². The predicted molar refractivity (Wildman–Crippen MR) is 114 cm³/mol. The second kappa shape index (κ2) is 11.9. The number of likely N-dealkylation sites (tertiary alicyclic amines) is 1. The number of phenols is 1. The Kier molecular flexibility index (Phi) is 9.52. The van der Waals surface area contributed by atoms with Crippen LogP contribution in [0.5, 0.6) is 5.75 Å². The molecule has 3 N–H and O–H groups in total. The van der Waals surface area contributed by atoms with E-state index in [-0.39, 0.29) is 17.4 Å². The Balaban J connectivity index is 0.000000540. The first kappa shape index (κ1) is 28.0. The van der Waals surface area contributed by atoms with Gasteiger partial charge in [0, 0.05) is 30.3 Å². The number of nitrogens with zero attached hydrogens (tertiary/aromatic N) is 1. The summed E-state index contributed by atoms with van der Waals surface area (Å²) in [4.78, 5) is 23.5. The van der Waals surface area contributed by atoms with Gasteiger partial charge >= 0.3 is 18.3 Å². The van der Waals surface area contributed by atoms with Crippen molar-refractivity contribution in [1.29, 1.82) is 0 Å². The minimum absolute atomic E-state index is 0.00586. The first-order valence-corrected chi connectivity index (χ1v) is 10.5. The molecule has 0 spiro atoms. The number of alkyl halides is 6. The van der Waals surface area contributed by atoms with Crippen LogP contribution in [0.2, 0.25) is 0 Å². The van der Waals surface area contributed by atoms with Crippen molar-refractivity contribution in [3.05, 3.63) is 65.2 Å². The van der Waals surface area contributed by atoms with Crippen molar-refractivity contribution in [2.45, 2.75) is 44.2 Å². The zero-order valence-corrected chi connectivity index (χ0v) is 18.4. The fraction of sp³-hybridized carbons (Fsp3) is 0.391. The van der Waals surface area contributed by atoms with Crippen molar-refractivity contribution in [3.8, 4) is 5.75 Å².